The molecule has 0 aliphatic carbocycles. The first kappa shape index (κ1) is 13.1. The quantitative estimate of drug-likeness (QED) is 0.692. The fourth-order valence-corrected chi connectivity index (χ4v) is 2.81. The van der Waals surface area contributed by atoms with Crippen molar-refractivity contribution in [2.24, 2.45) is 0 Å². The number of nitriles is 1. The van der Waals surface area contributed by atoms with Crippen molar-refractivity contribution in [1.29, 1.82) is 5.26 Å². The van der Waals surface area contributed by atoms with E-state index in [-0.39, 0.29) is 0 Å². The van der Waals surface area contributed by atoms with Gasteiger partial charge >= 0.3 is 0 Å². The first-order chi connectivity index (χ1) is 9.76. The van der Waals surface area contributed by atoms with E-state index in [1.165, 1.54) is 11.8 Å². The van der Waals surface area contributed by atoms with E-state index in [4.69, 9.17) is 0 Å². The van der Waals surface area contributed by atoms with Gasteiger partial charge in [0.15, 0.2) is 0 Å². The van der Waals surface area contributed by atoms with E-state index in [1.54, 1.807) is 6.20 Å². The molecule has 0 amide bonds. The van der Waals surface area contributed by atoms with Crippen molar-refractivity contribution < 1.29 is 0 Å². The molecule has 96 valence electrons. The van der Waals surface area contributed by atoms with Crippen molar-refractivity contribution in [1.82, 2.24) is 9.97 Å². The van der Waals surface area contributed by atoms with Crippen LogP contribution in [0.2, 0.25) is 0 Å². The van der Waals surface area contributed by atoms with Gasteiger partial charge in [-0.05, 0) is 52.0 Å². The number of fused-ring (bicyclic) bond motifs is 1. The molecule has 5 heteroatoms. The third kappa shape index (κ3) is 2.67. The molecule has 3 aromatic rings. The van der Waals surface area contributed by atoms with Crippen molar-refractivity contribution in [2.45, 2.75) is 10.1 Å². The molecule has 0 saturated carbocycles. The van der Waals surface area contributed by atoms with Crippen LogP contribution in [0.25, 0.3) is 10.9 Å². The van der Waals surface area contributed by atoms with E-state index in [9.17, 15) is 5.26 Å². The van der Waals surface area contributed by atoms with Crippen LogP contribution in [0.1, 0.15) is 5.56 Å². The summed E-state index contributed by atoms with van der Waals surface area (Å²) in [5.74, 6) is 0. The Kier molecular flexibility index (Phi) is 3.68. The first-order valence-corrected chi connectivity index (χ1v) is 7.46. The number of benzene rings is 1. The summed E-state index contributed by atoms with van der Waals surface area (Å²) in [5, 5.41) is 11.7. The lowest BCUT2D eigenvalue weighted by molar-refractivity contribution is 1.10. The number of pyridine rings is 2. The summed E-state index contributed by atoms with van der Waals surface area (Å²) in [7, 11) is 0. The Hall–Kier alpha value is -1.90. The number of nitrogens with zero attached hydrogens (tertiary/aromatic N) is 3. The molecule has 0 saturated heterocycles. The predicted molar refractivity (Wildman–Crippen MR) is 82.5 cm³/mol. The van der Waals surface area contributed by atoms with Gasteiger partial charge in [-0.2, -0.15) is 5.26 Å². The highest BCUT2D eigenvalue weighted by molar-refractivity contribution is 9.10. The van der Waals surface area contributed by atoms with Gasteiger partial charge in [0.2, 0.25) is 0 Å². The second kappa shape index (κ2) is 5.61. The SMILES string of the molecule is N#Cc1cc2ccccc2nc1Sc1ccc(Br)cn1. The summed E-state index contributed by atoms with van der Waals surface area (Å²) >= 11 is 4.75. The van der Waals surface area contributed by atoms with Crippen LogP contribution in [0.5, 0.6) is 0 Å². The van der Waals surface area contributed by atoms with Gasteiger partial charge < -0.3 is 0 Å². The van der Waals surface area contributed by atoms with Crippen molar-refractivity contribution >= 4 is 38.6 Å². The van der Waals surface area contributed by atoms with Crippen LogP contribution >= 0.6 is 27.7 Å². The molecule has 2 aromatic heterocycles. The largest absolute Gasteiger partial charge is 0.248 e. The van der Waals surface area contributed by atoms with Gasteiger partial charge in [0.25, 0.3) is 0 Å². The first-order valence-electron chi connectivity index (χ1n) is 5.85. The molecular formula is C15H8BrN3S. The topological polar surface area (TPSA) is 49.6 Å². The number of rotatable bonds is 2. The third-order valence-corrected chi connectivity index (χ3v) is 4.14. The average Bonchev–Trinajstić information content (AvgIpc) is 2.49. The Labute approximate surface area is 128 Å². The minimum atomic E-state index is 0.568. The molecule has 0 aliphatic heterocycles. The Balaban J connectivity index is 2.06. The minimum absolute atomic E-state index is 0.568. The minimum Gasteiger partial charge on any atom is -0.248 e. The molecule has 0 atom stereocenters. The second-order valence-corrected chi connectivity index (χ2v) is 5.99. The molecule has 2 heterocycles. The van der Waals surface area contributed by atoms with E-state index in [1.807, 2.05) is 42.5 Å². The predicted octanol–water partition coefficient (Wildman–Crippen LogP) is 4.42. The Morgan fingerprint density at radius 2 is 2.00 bits per heavy atom. The van der Waals surface area contributed by atoms with Gasteiger partial charge in [-0.3, -0.25) is 0 Å². The highest BCUT2D eigenvalue weighted by Gasteiger charge is 2.09. The third-order valence-electron chi connectivity index (χ3n) is 2.71. The molecule has 0 aliphatic rings. The van der Waals surface area contributed by atoms with Crippen LogP contribution < -0.4 is 0 Å². The Morgan fingerprint density at radius 3 is 2.75 bits per heavy atom. The van der Waals surface area contributed by atoms with Gasteiger partial charge in [-0.15, -0.1) is 0 Å². The molecule has 0 fully saturated rings. The molecule has 0 N–H and O–H groups in total. The fraction of sp³-hybridized carbons (Fsp3) is 0. The zero-order valence-electron chi connectivity index (χ0n) is 10.2. The number of hydrogen-bond acceptors (Lipinski definition) is 4. The van der Waals surface area contributed by atoms with Crippen LogP contribution in [0.15, 0.2) is 63.2 Å². The Bertz CT molecular complexity index is 809. The zero-order valence-corrected chi connectivity index (χ0v) is 12.6. The van der Waals surface area contributed by atoms with E-state index in [2.05, 4.69) is 32.0 Å². The van der Waals surface area contributed by atoms with Crippen molar-refractivity contribution in [2.75, 3.05) is 0 Å². The lowest BCUT2D eigenvalue weighted by Crippen LogP contribution is -1.89. The maximum Gasteiger partial charge on any atom is 0.121 e. The molecule has 20 heavy (non-hydrogen) atoms. The summed E-state index contributed by atoms with van der Waals surface area (Å²) in [5.41, 5.74) is 1.45. The maximum atomic E-state index is 9.27. The van der Waals surface area contributed by atoms with Crippen molar-refractivity contribution in [3.63, 3.8) is 0 Å². The smallest absolute Gasteiger partial charge is 0.121 e. The monoisotopic (exact) mass is 341 g/mol. The van der Waals surface area contributed by atoms with Crippen LogP contribution in [0.3, 0.4) is 0 Å². The summed E-state index contributed by atoms with van der Waals surface area (Å²) in [6.07, 6.45) is 1.73. The van der Waals surface area contributed by atoms with E-state index in [0.717, 1.165) is 20.4 Å². The van der Waals surface area contributed by atoms with E-state index >= 15 is 0 Å². The number of para-hydroxylation sites is 1. The van der Waals surface area contributed by atoms with Crippen LogP contribution in [0, 0.1) is 11.3 Å². The second-order valence-electron chi connectivity index (χ2n) is 4.06. The summed E-state index contributed by atoms with van der Waals surface area (Å²) < 4.78 is 0.925. The van der Waals surface area contributed by atoms with Gasteiger partial charge in [-0.25, -0.2) is 9.97 Å². The number of aromatic nitrogens is 2. The summed E-state index contributed by atoms with van der Waals surface area (Å²) in [6.45, 7) is 0. The standard InChI is InChI=1S/C15H8BrN3S/c16-12-5-6-14(18-9-12)20-15-11(8-17)7-10-3-1-2-4-13(10)19-15/h1-7,9H. The highest BCUT2D eigenvalue weighted by atomic mass is 79.9. The van der Waals surface area contributed by atoms with Crippen molar-refractivity contribution in [3.05, 3.63) is 58.7 Å². The van der Waals surface area contributed by atoms with E-state index in [0.29, 0.717) is 10.6 Å². The zero-order chi connectivity index (χ0) is 13.9. The molecule has 0 unspecified atom stereocenters. The number of halogens is 1. The van der Waals surface area contributed by atoms with Crippen LogP contribution in [-0.4, -0.2) is 9.97 Å². The molecule has 0 spiro atoms. The van der Waals surface area contributed by atoms with Crippen LogP contribution in [-0.2, 0) is 0 Å². The lowest BCUT2D eigenvalue weighted by atomic mass is 10.2. The lowest BCUT2D eigenvalue weighted by Gasteiger charge is -2.05. The number of hydrogen-bond donors (Lipinski definition) is 0. The maximum absolute atomic E-state index is 9.27. The molecule has 3 rings (SSSR count). The van der Waals surface area contributed by atoms with Crippen LogP contribution in [0.4, 0.5) is 0 Å². The molecular weight excluding hydrogens is 334 g/mol. The Morgan fingerprint density at radius 1 is 1.15 bits per heavy atom. The molecule has 3 nitrogen and oxygen atoms in total. The highest BCUT2D eigenvalue weighted by Crippen LogP contribution is 2.29. The molecule has 0 radical (unpaired) electrons. The van der Waals surface area contributed by atoms with Gasteiger partial charge in [0, 0.05) is 16.1 Å². The summed E-state index contributed by atoms with van der Waals surface area (Å²) in [6, 6.07) is 15.6. The van der Waals surface area contributed by atoms with E-state index < -0.39 is 0 Å². The van der Waals surface area contributed by atoms with Gasteiger partial charge in [-0.1, -0.05) is 18.2 Å². The fourth-order valence-electron chi connectivity index (χ4n) is 1.78. The molecule has 1 aromatic carbocycles. The molecule has 0 bridgehead atoms. The van der Waals surface area contributed by atoms with Gasteiger partial charge in [0.1, 0.15) is 16.1 Å². The normalized spacial score (nSPS) is 10.4. The van der Waals surface area contributed by atoms with Gasteiger partial charge in [0.05, 0.1) is 11.1 Å². The summed E-state index contributed by atoms with van der Waals surface area (Å²) in [4.78, 5) is 8.85. The average molecular weight is 342 g/mol. The van der Waals surface area contributed by atoms with Crippen molar-refractivity contribution in [3.8, 4) is 6.07 Å².